The maximum absolute atomic E-state index is 7.56. The van der Waals surface area contributed by atoms with Gasteiger partial charge in [-0.2, -0.15) is 5.10 Å². The van der Waals surface area contributed by atoms with Crippen molar-refractivity contribution in [3.05, 3.63) is 34.2 Å². The number of pyridine rings is 1. The monoisotopic (exact) mass is 309 g/mol. The van der Waals surface area contributed by atoms with E-state index in [9.17, 15) is 0 Å². The Kier molecular flexibility index (Phi) is 3.33. The van der Waals surface area contributed by atoms with Gasteiger partial charge in [-0.15, -0.1) is 0 Å². The molecule has 0 atom stereocenters. The zero-order valence-electron chi connectivity index (χ0n) is 9.94. The Bertz CT molecular complexity index is 607. The average molecular weight is 310 g/mol. The molecule has 0 aliphatic carbocycles. The number of ether oxygens (including phenoxy) is 1. The van der Waals surface area contributed by atoms with Gasteiger partial charge in [-0.3, -0.25) is 10.4 Å². The molecule has 94 valence electrons. The smallest absolute Gasteiger partial charge is 0.228 e. The quantitative estimate of drug-likeness (QED) is 0.670. The van der Waals surface area contributed by atoms with Crippen LogP contribution in [0.5, 0.6) is 11.6 Å². The van der Waals surface area contributed by atoms with E-state index in [1.165, 1.54) is 0 Å². The van der Waals surface area contributed by atoms with Crippen molar-refractivity contribution in [2.24, 2.45) is 12.8 Å². The summed E-state index contributed by atoms with van der Waals surface area (Å²) in [5.41, 5.74) is 6.69. The maximum atomic E-state index is 7.56. The van der Waals surface area contributed by atoms with Crippen LogP contribution in [0, 0.1) is 12.3 Å². The molecule has 0 fully saturated rings. The van der Waals surface area contributed by atoms with Crippen LogP contribution in [0.4, 0.5) is 0 Å². The predicted octanol–water partition coefficient (Wildman–Crippen LogP) is 1.96. The van der Waals surface area contributed by atoms with Gasteiger partial charge in [0.25, 0.3) is 0 Å². The van der Waals surface area contributed by atoms with Gasteiger partial charge in [0, 0.05) is 17.7 Å². The fraction of sp³-hybridized carbons (Fsp3) is 0.182. The number of amidine groups is 1. The molecule has 0 amide bonds. The van der Waals surface area contributed by atoms with Crippen molar-refractivity contribution in [2.45, 2.75) is 6.92 Å². The highest BCUT2D eigenvalue weighted by molar-refractivity contribution is 9.10. The van der Waals surface area contributed by atoms with Crippen molar-refractivity contribution >= 4 is 21.8 Å². The SMILES string of the molecule is Cc1nn(C)c(Oc2cncc(Br)c2)c1C(=N)N. The molecule has 0 saturated heterocycles. The van der Waals surface area contributed by atoms with Gasteiger partial charge in [0.2, 0.25) is 5.88 Å². The molecular formula is C11H12BrN5O. The number of nitrogens with two attached hydrogens (primary N) is 1. The topological polar surface area (TPSA) is 89.8 Å². The van der Waals surface area contributed by atoms with Crippen molar-refractivity contribution in [1.29, 1.82) is 5.41 Å². The summed E-state index contributed by atoms with van der Waals surface area (Å²) in [4.78, 5) is 4.00. The number of nitrogens with zero attached hydrogens (tertiary/aromatic N) is 3. The lowest BCUT2D eigenvalue weighted by Gasteiger charge is -2.07. The molecule has 0 saturated carbocycles. The second kappa shape index (κ2) is 4.77. The highest BCUT2D eigenvalue weighted by Crippen LogP contribution is 2.27. The summed E-state index contributed by atoms with van der Waals surface area (Å²) in [5.74, 6) is 0.910. The van der Waals surface area contributed by atoms with E-state index in [4.69, 9.17) is 15.9 Å². The molecule has 3 N–H and O–H groups in total. The van der Waals surface area contributed by atoms with Crippen LogP contribution >= 0.6 is 15.9 Å². The molecule has 0 aromatic carbocycles. The summed E-state index contributed by atoms with van der Waals surface area (Å²) in [6.07, 6.45) is 3.24. The van der Waals surface area contributed by atoms with Crippen LogP contribution in [-0.4, -0.2) is 20.6 Å². The van der Waals surface area contributed by atoms with Gasteiger partial charge < -0.3 is 10.5 Å². The van der Waals surface area contributed by atoms with E-state index in [0.717, 1.165) is 4.47 Å². The molecule has 0 radical (unpaired) electrons. The number of hydrogen-bond donors (Lipinski definition) is 2. The minimum absolute atomic E-state index is 0.0708. The van der Waals surface area contributed by atoms with Gasteiger partial charge in [0.15, 0.2) is 0 Å². The molecule has 0 aliphatic rings. The largest absolute Gasteiger partial charge is 0.437 e. The van der Waals surface area contributed by atoms with E-state index in [1.807, 2.05) is 0 Å². The first kappa shape index (κ1) is 12.6. The maximum Gasteiger partial charge on any atom is 0.228 e. The molecular weight excluding hydrogens is 298 g/mol. The molecule has 0 unspecified atom stereocenters. The van der Waals surface area contributed by atoms with Gasteiger partial charge in [-0.05, 0) is 28.9 Å². The highest BCUT2D eigenvalue weighted by Gasteiger charge is 2.18. The zero-order chi connectivity index (χ0) is 13.3. The Labute approximate surface area is 112 Å². The molecule has 2 aromatic rings. The minimum atomic E-state index is -0.0708. The lowest BCUT2D eigenvalue weighted by Crippen LogP contribution is -2.13. The van der Waals surface area contributed by atoms with Crippen LogP contribution in [0.25, 0.3) is 0 Å². The van der Waals surface area contributed by atoms with Crippen molar-refractivity contribution in [2.75, 3.05) is 0 Å². The lowest BCUT2D eigenvalue weighted by atomic mass is 10.2. The minimum Gasteiger partial charge on any atom is -0.437 e. The second-order valence-corrected chi connectivity index (χ2v) is 4.66. The summed E-state index contributed by atoms with van der Waals surface area (Å²) in [5, 5.41) is 11.7. The number of halogens is 1. The molecule has 0 bridgehead atoms. The van der Waals surface area contributed by atoms with Crippen LogP contribution in [0.15, 0.2) is 22.9 Å². The fourth-order valence-corrected chi connectivity index (χ4v) is 1.97. The van der Waals surface area contributed by atoms with Crippen molar-refractivity contribution in [3.63, 3.8) is 0 Å². The lowest BCUT2D eigenvalue weighted by molar-refractivity contribution is 0.428. The third-order valence-corrected chi connectivity index (χ3v) is 2.77. The van der Waals surface area contributed by atoms with E-state index < -0.39 is 0 Å². The van der Waals surface area contributed by atoms with E-state index in [-0.39, 0.29) is 5.84 Å². The molecule has 2 rings (SSSR count). The first-order valence-electron chi connectivity index (χ1n) is 5.15. The van der Waals surface area contributed by atoms with Gasteiger partial charge in [0.1, 0.15) is 17.1 Å². The Hall–Kier alpha value is -1.89. The molecule has 7 heteroatoms. The van der Waals surface area contributed by atoms with Gasteiger partial charge in [-0.1, -0.05) is 0 Å². The Morgan fingerprint density at radius 1 is 1.50 bits per heavy atom. The number of hydrogen-bond acceptors (Lipinski definition) is 4. The molecule has 6 nitrogen and oxygen atoms in total. The van der Waals surface area contributed by atoms with Crippen LogP contribution in [0.2, 0.25) is 0 Å². The molecule has 2 heterocycles. The molecule has 2 aromatic heterocycles. The first-order chi connectivity index (χ1) is 8.49. The molecule has 0 aliphatic heterocycles. The number of aryl methyl sites for hydroxylation is 2. The predicted molar refractivity (Wildman–Crippen MR) is 71.0 cm³/mol. The second-order valence-electron chi connectivity index (χ2n) is 3.74. The molecule has 18 heavy (non-hydrogen) atoms. The van der Waals surface area contributed by atoms with E-state index in [1.54, 1.807) is 37.1 Å². The Balaban J connectivity index is 2.43. The van der Waals surface area contributed by atoms with Crippen molar-refractivity contribution in [1.82, 2.24) is 14.8 Å². The summed E-state index contributed by atoms with van der Waals surface area (Å²) in [7, 11) is 1.74. The fourth-order valence-electron chi connectivity index (χ4n) is 1.62. The highest BCUT2D eigenvalue weighted by atomic mass is 79.9. The normalized spacial score (nSPS) is 10.4. The zero-order valence-corrected chi connectivity index (χ0v) is 11.5. The van der Waals surface area contributed by atoms with E-state index in [0.29, 0.717) is 22.9 Å². The Morgan fingerprint density at radius 3 is 2.83 bits per heavy atom. The van der Waals surface area contributed by atoms with E-state index >= 15 is 0 Å². The third kappa shape index (κ3) is 2.35. The van der Waals surface area contributed by atoms with Crippen LogP contribution < -0.4 is 10.5 Å². The Morgan fingerprint density at radius 2 is 2.22 bits per heavy atom. The third-order valence-electron chi connectivity index (χ3n) is 2.33. The molecule has 0 spiro atoms. The number of nitrogen functional groups attached to an aromatic ring is 1. The van der Waals surface area contributed by atoms with Crippen LogP contribution in [0.1, 0.15) is 11.3 Å². The van der Waals surface area contributed by atoms with Gasteiger partial charge in [0.05, 0.1) is 11.9 Å². The number of rotatable bonds is 3. The first-order valence-corrected chi connectivity index (χ1v) is 5.94. The summed E-state index contributed by atoms with van der Waals surface area (Å²) in [6.45, 7) is 1.78. The van der Waals surface area contributed by atoms with Crippen molar-refractivity contribution in [3.8, 4) is 11.6 Å². The summed E-state index contributed by atoms with van der Waals surface area (Å²) in [6, 6.07) is 1.78. The van der Waals surface area contributed by atoms with Crippen LogP contribution in [0.3, 0.4) is 0 Å². The van der Waals surface area contributed by atoms with Crippen molar-refractivity contribution < 1.29 is 4.74 Å². The van der Waals surface area contributed by atoms with Gasteiger partial charge in [-0.25, -0.2) is 4.68 Å². The summed E-state index contributed by atoms with van der Waals surface area (Å²) >= 11 is 3.31. The van der Waals surface area contributed by atoms with Crippen LogP contribution in [-0.2, 0) is 7.05 Å². The number of aromatic nitrogens is 3. The standard InChI is InChI=1S/C11H12BrN5O/c1-6-9(10(13)14)11(17(2)16-6)18-8-3-7(12)4-15-5-8/h3-5H,1-2H3,(H3,13,14). The van der Waals surface area contributed by atoms with E-state index in [2.05, 4.69) is 26.0 Å². The average Bonchev–Trinajstić information content (AvgIpc) is 2.53. The summed E-state index contributed by atoms with van der Waals surface area (Å²) < 4.78 is 8.05. The number of nitrogens with one attached hydrogen (secondary N) is 1. The van der Waals surface area contributed by atoms with Gasteiger partial charge >= 0.3 is 0 Å².